The molecule has 0 saturated heterocycles. The Balaban J connectivity index is 0.000000202. The van der Waals surface area contributed by atoms with Crippen LogP contribution in [0.5, 0.6) is 0 Å². The van der Waals surface area contributed by atoms with Crippen LogP contribution in [0.25, 0.3) is 43.8 Å². The van der Waals surface area contributed by atoms with Crippen molar-refractivity contribution in [3.63, 3.8) is 0 Å². The number of amides is 1. The van der Waals surface area contributed by atoms with E-state index >= 15 is 0 Å². The third-order valence-electron chi connectivity index (χ3n) is 11.4. The molecule has 2 aliphatic carbocycles. The number of sulfonamides is 2. The van der Waals surface area contributed by atoms with E-state index in [1.807, 2.05) is 12.1 Å². The van der Waals surface area contributed by atoms with Gasteiger partial charge in [-0.05, 0) is 94.6 Å². The summed E-state index contributed by atoms with van der Waals surface area (Å²) in [5.74, 6) is 2.05. The van der Waals surface area contributed by atoms with Gasteiger partial charge in [-0.2, -0.15) is 0 Å². The van der Waals surface area contributed by atoms with E-state index in [0.29, 0.717) is 66.3 Å². The van der Waals surface area contributed by atoms with Gasteiger partial charge in [0, 0.05) is 71.6 Å². The van der Waals surface area contributed by atoms with Crippen LogP contribution in [-0.2, 0) is 45.9 Å². The number of pyridine rings is 2. The van der Waals surface area contributed by atoms with Crippen molar-refractivity contribution < 1.29 is 55.8 Å². The Morgan fingerprint density at radius 2 is 1.15 bits per heavy atom. The van der Waals surface area contributed by atoms with Crippen molar-refractivity contribution in [2.45, 2.75) is 96.2 Å². The highest BCUT2D eigenvalue weighted by atomic mass is 35.5. The van der Waals surface area contributed by atoms with Gasteiger partial charge in [-0.25, -0.2) is 50.7 Å². The normalized spacial score (nSPS) is 21.0. The van der Waals surface area contributed by atoms with Gasteiger partial charge in [0.2, 0.25) is 55.5 Å². The first kappa shape index (κ1) is 56.0. The molecule has 5 N–H and O–H groups in total. The molecule has 30 heteroatoms. The maximum Gasteiger partial charge on any atom is 0.414 e. The van der Waals surface area contributed by atoms with Crippen LogP contribution in [-0.4, -0.2) is 116 Å². The smallest absolute Gasteiger partial charge is 0.414 e. The average Bonchev–Trinajstić information content (AvgIpc) is 4.13. The van der Waals surface area contributed by atoms with E-state index in [2.05, 4.69) is 55.7 Å². The highest BCUT2D eigenvalue weighted by molar-refractivity contribution is 7.90. The SMILES string of the molecule is C.CN1C(N)=N[C@](C)(c2sc(-c3cncc(-c4nnc(C5CC5)o4)c3)cc2Cl)CS1(=O)=O.CN1C(NC(=O)OC(C)(C)C)=N[C@](C)(c2sc(-c3cncc(-c4nnc(C5CC5)o4)c3)cc2Cl)CS1(=O)=O.OOOO. The molecule has 2 fully saturated rings. The molecule has 0 radical (unpaired) electrons. The van der Waals surface area contributed by atoms with Gasteiger partial charge in [0.25, 0.3) is 0 Å². The van der Waals surface area contributed by atoms with Crippen molar-refractivity contribution in [2.24, 2.45) is 15.7 Å². The van der Waals surface area contributed by atoms with E-state index in [4.69, 9.17) is 53.0 Å². The van der Waals surface area contributed by atoms with Crippen LogP contribution in [0.2, 0.25) is 10.0 Å². The van der Waals surface area contributed by atoms with Crippen LogP contribution in [0.15, 0.2) is 67.9 Å². The Morgan fingerprint density at radius 3 is 1.55 bits per heavy atom. The fraction of sp³-hybridized carbons (Fsp3) is 0.432. The molecule has 1 amide bonds. The highest BCUT2D eigenvalue weighted by Gasteiger charge is 2.45. The molecule has 6 aromatic rings. The zero-order valence-electron chi connectivity index (χ0n) is 39.9. The molecule has 6 aromatic heterocycles. The van der Waals surface area contributed by atoms with Crippen LogP contribution >= 0.6 is 45.9 Å². The summed E-state index contributed by atoms with van der Waals surface area (Å²) < 4.78 is 70.0. The number of hydrogen-bond donors (Lipinski definition) is 4. The Hall–Kier alpha value is -5.69. The maximum atomic E-state index is 13.1. The van der Waals surface area contributed by atoms with Crippen LogP contribution in [0.4, 0.5) is 4.79 Å². The third kappa shape index (κ3) is 12.5. The summed E-state index contributed by atoms with van der Waals surface area (Å²) in [6.45, 7) is 8.52. The Labute approximate surface area is 443 Å². The lowest BCUT2D eigenvalue weighted by Crippen LogP contribution is -2.53. The van der Waals surface area contributed by atoms with Gasteiger partial charge in [-0.15, -0.1) is 43.1 Å². The third-order valence-corrected chi connectivity index (χ3v) is 18.9. The Morgan fingerprint density at radius 1 is 0.730 bits per heavy atom. The standard InChI is InChI=1S/C24H27ClN6O5S2.C19H19ClN6O3S2.CH4.H2O4/c1-23(2,3)36-22(32)27-21-28-24(4,12-38(33,34)31(21)5)18-16(25)9-17(37-18)14-8-15(11-26-10-14)20-30-29-19(35-20)13-6-7-13;1-19(9-31(27,28)26(2)18(21)23-19)15-13(20)6-14(30-15)11-5-12(8-22-7-11)17-25-24-16(29-17)10-3-4-10;;1-3-4-2/h8-11,13H,6-7,12H2,1-5H3,(H,27,28,32);5-8,10H,3-4,9H2,1-2H3,(H2,21,23);1H4;1-2H/t24-;19-;;/m00../s1. The number of carbonyl (C=O) groups excluding carboxylic acids is 1. The van der Waals surface area contributed by atoms with Crippen molar-refractivity contribution in [3.8, 4) is 43.8 Å². The lowest BCUT2D eigenvalue weighted by molar-refractivity contribution is -0.611. The predicted molar refractivity (Wildman–Crippen MR) is 276 cm³/mol. The highest BCUT2D eigenvalue weighted by Crippen LogP contribution is 2.47. The molecular weight excluding hydrogens is 1090 g/mol. The number of thiophene rings is 2. The molecule has 24 nitrogen and oxygen atoms in total. The molecule has 2 atom stereocenters. The van der Waals surface area contributed by atoms with E-state index < -0.39 is 42.8 Å². The van der Waals surface area contributed by atoms with Gasteiger partial charge in [0.05, 0.1) is 42.4 Å². The van der Waals surface area contributed by atoms with Crippen LogP contribution in [0, 0.1) is 0 Å². The number of nitrogens with two attached hydrogens (primary N) is 1. The second-order valence-corrected chi connectivity index (χ2v) is 25.5. The van der Waals surface area contributed by atoms with Gasteiger partial charge in [-0.3, -0.25) is 15.3 Å². The molecule has 2 saturated carbocycles. The quantitative estimate of drug-likeness (QED) is 0.0778. The van der Waals surface area contributed by atoms with E-state index in [0.717, 1.165) is 55.2 Å². The summed E-state index contributed by atoms with van der Waals surface area (Å²) in [5.41, 5.74) is 5.70. The summed E-state index contributed by atoms with van der Waals surface area (Å²) in [6, 6.07) is 7.30. The minimum absolute atomic E-state index is 0. The van der Waals surface area contributed by atoms with Crippen molar-refractivity contribution in [3.05, 3.63) is 80.6 Å². The zero-order chi connectivity index (χ0) is 52.8. The van der Waals surface area contributed by atoms with E-state index in [1.54, 1.807) is 71.5 Å². The van der Waals surface area contributed by atoms with Crippen LogP contribution in [0.1, 0.15) is 101 Å². The lowest BCUT2D eigenvalue weighted by atomic mass is 10.0. The first-order valence-electron chi connectivity index (χ1n) is 22.0. The summed E-state index contributed by atoms with van der Waals surface area (Å²) in [6.07, 6.45) is 10.2. The van der Waals surface area contributed by atoms with Crippen LogP contribution < -0.4 is 11.1 Å². The number of ether oxygens (including phenoxy) is 1. The molecule has 0 spiro atoms. The maximum absolute atomic E-state index is 13.1. The number of nitrogens with one attached hydrogen (secondary N) is 1. The molecule has 8 heterocycles. The fourth-order valence-corrected chi connectivity index (χ4v) is 13.7. The number of rotatable bonds is 9. The number of alkyl carbamates (subject to hydrolysis) is 1. The average molecular weight is 1140 g/mol. The number of carbonyl (C=O) groups is 1. The zero-order valence-corrected chi connectivity index (χ0v) is 44.7. The fourth-order valence-electron chi connectivity index (χ4n) is 7.44. The van der Waals surface area contributed by atoms with Gasteiger partial charge in [-0.1, -0.05) is 30.6 Å². The number of guanidine groups is 2. The van der Waals surface area contributed by atoms with Gasteiger partial charge >= 0.3 is 6.09 Å². The van der Waals surface area contributed by atoms with Crippen LogP contribution in [0.3, 0.4) is 0 Å². The molecule has 0 unspecified atom stereocenters. The second-order valence-electron chi connectivity index (χ2n) is 18.6. The van der Waals surface area contributed by atoms with Gasteiger partial charge < -0.3 is 19.3 Å². The van der Waals surface area contributed by atoms with Crippen molar-refractivity contribution in [1.82, 2.24) is 44.3 Å². The summed E-state index contributed by atoms with van der Waals surface area (Å²) in [5, 5.41) is 38.8. The minimum Gasteiger partial charge on any atom is -0.444 e. The summed E-state index contributed by atoms with van der Waals surface area (Å²) in [7, 11) is -4.71. The Bertz CT molecular complexity index is 3330. The van der Waals surface area contributed by atoms with Crippen molar-refractivity contribution in [2.75, 3.05) is 25.6 Å². The van der Waals surface area contributed by atoms with Gasteiger partial charge in [0.15, 0.2) is 0 Å². The summed E-state index contributed by atoms with van der Waals surface area (Å²) >= 11 is 15.8. The molecular formula is C44H52Cl2N12O12S4. The Kier molecular flexibility index (Phi) is 16.3. The number of aromatic nitrogens is 6. The topological polar surface area (TPSA) is 326 Å². The molecule has 2 aliphatic heterocycles. The number of hydrogen-bond acceptors (Lipinski definition) is 23. The van der Waals surface area contributed by atoms with Crippen molar-refractivity contribution in [1.29, 1.82) is 0 Å². The van der Waals surface area contributed by atoms with E-state index in [9.17, 15) is 21.6 Å². The molecule has 398 valence electrons. The monoisotopic (exact) mass is 1140 g/mol. The number of nitrogens with zero attached hydrogens (tertiary/aromatic N) is 10. The van der Waals surface area contributed by atoms with Crippen molar-refractivity contribution >= 4 is 83.9 Å². The van der Waals surface area contributed by atoms with E-state index in [-0.39, 0.29) is 30.9 Å². The molecule has 0 bridgehead atoms. The van der Waals surface area contributed by atoms with E-state index in [1.165, 1.54) is 36.8 Å². The van der Waals surface area contributed by atoms with Gasteiger partial charge in [0.1, 0.15) is 16.7 Å². The number of halogens is 2. The molecule has 4 aliphatic rings. The largest absolute Gasteiger partial charge is 0.444 e. The second kappa shape index (κ2) is 21.5. The molecule has 0 aromatic carbocycles. The predicted octanol–water partition coefficient (Wildman–Crippen LogP) is 8.47. The number of aliphatic imine (C=N–C) groups is 2. The first-order chi connectivity index (χ1) is 34.3. The minimum atomic E-state index is -3.83. The summed E-state index contributed by atoms with van der Waals surface area (Å²) in [4.78, 5) is 32.8. The molecule has 10 rings (SSSR count). The molecule has 74 heavy (non-hydrogen) atoms. The first-order valence-corrected chi connectivity index (χ1v) is 27.6. The lowest BCUT2D eigenvalue weighted by Gasteiger charge is -2.35.